The number of halogens is 1. The molecule has 2 aromatic heterocycles. The third-order valence-corrected chi connectivity index (χ3v) is 2.07. The standard InChI is InChI=1S/C9H6ClN5O/c10-9-7(13-5-16)3-6(14-15-9)8-4-11-1-2-12-8/h1-5H,(H,13,14,16). The number of nitrogens with one attached hydrogen (secondary N) is 1. The van der Waals surface area contributed by atoms with Crippen LogP contribution in [0.4, 0.5) is 5.69 Å². The Balaban J connectivity index is 2.43. The Labute approximate surface area is 95.7 Å². The molecule has 2 heterocycles. The van der Waals surface area contributed by atoms with Gasteiger partial charge in [-0.1, -0.05) is 11.6 Å². The van der Waals surface area contributed by atoms with Crippen LogP contribution in [0.2, 0.25) is 5.15 Å². The summed E-state index contributed by atoms with van der Waals surface area (Å²) in [6, 6.07) is 1.58. The quantitative estimate of drug-likeness (QED) is 0.808. The van der Waals surface area contributed by atoms with Crippen LogP contribution in [0.3, 0.4) is 0 Å². The van der Waals surface area contributed by atoms with E-state index in [9.17, 15) is 4.79 Å². The molecule has 1 amide bonds. The normalized spacial score (nSPS) is 9.81. The maximum absolute atomic E-state index is 10.3. The Morgan fingerprint density at radius 1 is 1.25 bits per heavy atom. The second kappa shape index (κ2) is 4.63. The molecule has 6 nitrogen and oxygen atoms in total. The molecular weight excluding hydrogens is 230 g/mol. The summed E-state index contributed by atoms with van der Waals surface area (Å²) >= 11 is 5.73. The maximum Gasteiger partial charge on any atom is 0.211 e. The summed E-state index contributed by atoms with van der Waals surface area (Å²) in [6.45, 7) is 0. The van der Waals surface area contributed by atoms with Gasteiger partial charge < -0.3 is 5.32 Å². The van der Waals surface area contributed by atoms with E-state index in [0.29, 0.717) is 23.5 Å². The van der Waals surface area contributed by atoms with Gasteiger partial charge in [0.1, 0.15) is 11.4 Å². The topological polar surface area (TPSA) is 80.7 Å². The number of carbonyl (C=O) groups is 1. The Hall–Kier alpha value is -2.08. The van der Waals surface area contributed by atoms with Gasteiger partial charge in [0.15, 0.2) is 5.15 Å². The van der Waals surface area contributed by atoms with E-state index in [-0.39, 0.29) is 5.15 Å². The highest BCUT2D eigenvalue weighted by atomic mass is 35.5. The molecule has 80 valence electrons. The molecule has 0 saturated carbocycles. The fraction of sp³-hybridized carbons (Fsp3) is 0. The Morgan fingerprint density at radius 2 is 2.12 bits per heavy atom. The Bertz CT molecular complexity index is 505. The zero-order valence-electron chi connectivity index (χ0n) is 7.96. The molecule has 0 spiro atoms. The molecule has 0 aromatic carbocycles. The smallest absolute Gasteiger partial charge is 0.211 e. The van der Waals surface area contributed by atoms with Crippen molar-refractivity contribution >= 4 is 23.7 Å². The highest BCUT2D eigenvalue weighted by Crippen LogP contribution is 2.22. The highest BCUT2D eigenvalue weighted by Gasteiger charge is 2.07. The lowest BCUT2D eigenvalue weighted by Gasteiger charge is -2.03. The largest absolute Gasteiger partial charge is 0.326 e. The lowest BCUT2D eigenvalue weighted by atomic mass is 10.3. The van der Waals surface area contributed by atoms with Crippen molar-refractivity contribution in [2.24, 2.45) is 0 Å². The van der Waals surface area contributed by atoms with Gasteiger partial charge in [-0.15, -0.1) is 10.2 Å². The molecule has 7 heteroatoms. The van der Waals surface area contributed by atoms with Crippen LogP contribution in [-0.2, 0) is 4.79 Å². The van der Waals surface area contributed by atoms with Gasteiger partial charge in [-0.25, -0.2) is 0 Å². The van der Waals surface area contributed by atoms with Gasteiger partial charge in [-0.05, 0) is 6.07 Å². The molecule has 2 aromatic rings. The van der Waals surface area contributed by atoms with E-state index in [4.69, 9.17) is 11.6 Å². The van der Waals surface area contributed by atoms with Gasteiger partial charge in [-0.3, -0.25) is 14.8 Å². The van der Waals surface area contributed by atoms with Crippen molar-refractivity contribution in [1.29, 1.82) is 0 Å². The lowest BCUT2D eigenvalue weighted by Crippen LogP contribution is -1.99. The summed E-state index contributed by atoms with van der Waals surface area (Å²) < 4.78 is 0. The average molecular weight is 236 g/mol. The number of carbonyl (C=O) groups excluding carboxylic acids is 1. The molecule has 1 N–H and O–H groups in total. The SMILES string of the molecule is O=CNc1cc(-c2cnccn2)nnc1Cl. The Morgan fingerprint density at radius 3 is 2.81 bits per heavy atom. The van der Waals surface area contributed by atoms with Crippen LogP contribution in [0.25, 0.3) is 11.4 Å². The van der Waals surface area contributed by atoms with Crippen molar-refractivity contribution in [2.75, 3.05) is 5.32 Å². The monoisotopic (exact) mass is 235 g/mol. The highest BCUT2D eigenvalue weighted by molar-refractivity contribution is 6.32. The summed E-state index contributed by atoms with van der Waals surface area (Å²) in [4.78, 5) is 18.3. The number of amides is 1. The van der Waals surface area contributed by atoms with Crippen LogP contribution < -0.4 is 5.32 Å². The number of hydrogen-bond acceptors (Lipinski definition) is 5. The number of nitrogens with zero attached hydrogens (tertiary/aromatic N) is 4. The first-order chi connectivity index (χ1) is 7.81. The lowest BCUT2D eigenvalue weighted by molar-refractivity contribution is -0.105. The van der Waals surface area contributed by atoms with Crippen molar-refractivity contribution in [3.05, 3.63) is 29.8 Å². The molecule has 0 fully saturated rings. The molecule has 0 bridgehead atoms. The average Bonchev–Trinajstić information content (AvgIpc) is 2.33. The van der Waals surface area contributed by atoms with Crippen molar-refractivity contribution < 1.29 is 4.79 Å². The predicted octanol–water partition coefficient (Wildman–Crippen LogP) is 1.16. The van der Waals surface area contributed by atoms with Crippen LogP contribution in [0.1, 0.15) is 0 Å². The maximum atomic E-state index is 10.3. The van der Waals surface area contributed by atoms with Crippen LogP contribution in [-0.4, -0.2) is 26.6 Å². The molecule has 0 aliphatic carbocycles. The summed E-state index contributed by atoms with van der Waals surface area (Å²) in [5.41, 5.74) is 1.43. The van der Waals surface area contributed by atoms with Crippen molar-refractivity contribution in [3.8, 4) is 11.4 Å². The molecule has 0 unspecified atom stereocenters. The first-order valence-corrected chi connectivity index (χ1v) is 4.69. The summed E-state index contributed by atoms with van der Waals surface area (Å²) in [7, 11) is 0. The van der Waals surface area contributed by atoms with Gasteiger partial charge in [0.25, 0.3) is 0 Å². The molecule has 0 aliphatic rings. The van der Waals surface area contributed by atoms with Crippen molar-refractivity contribution in [2.45, 2.75) is 0 Å². The first kappa shape index (κ1) is 10.4. The van der Waals surface area contributed by atoms with E-state index in [1.165, 1.54) is 0 Å². The zero-order chi connectivity index (χ0) is 11.4. The third-order valence-electron chi connectivity index (χ3n) is 1.79. The molecular formula is C9H6ClN5O. The minimum Gasteiger partial charge on any atom is -0.326 e. The van der Waals surface area contributed by atoms with E-state index in [1.54, 1.807) is 24.7 Å². The van der Waals surface area contributed by atoms with E-state index in [2.05, 4.69) is 25.5 Å². The minimum absolute atomic E-state index is 0.125. The van der Waals surface area contributed by atoms with Gasteiger partial charge in [-0.2, -0.15) is 0 Å². The van der Waals surface area contributed by atoms with Gasteiger partial charge >= 0.3 is 0 Å². The zero-order valence-corrected chi connectivity index (χ0v) is 8.72. The van der Waals surface area contributed by atoms with Crippen LogP contribution in [0, 0.1) is 0 Å². The second-order valence-corrected chi connectivity index (χ2v) is 3.14. The van der Waals surface area contributed by atoms with E-state index < -0.39 is 0 Å². The van der Waals surface area contributed by atoms with E-state index in [0.717, 1.165) is 0 Å². The van der Waals surface area contributed by atoms with Crippen LogP contribution in [0.5, 0.6) is 0 Å². The fourth-order valence-electron chi connectivity index (χ4n) is 1.10. The summed E-state index contributed by atoms with van der Waals surface area (Å²) in [6.07, 6.45) is 5.15. The van der Waals surface area contributed by atoms with Crippen molar-refractivity contribution in [3.63, 3.8) is 0 Å². The third kappa shape index (κ3) is 2.12. The summed E-state index contributed by atoms with van der Waals surface area (Å²) in [5, 5.41) is 10.1. The second-order valence-electron chi connectivity index (χ2n) is 2.79. The fourth-order valence-corrected chi connectivity index (χ4v) is 1.24. The molecule has 16 heavy (non-hydrogen) atoms. The molecule has 0 atom stereocenters. The predicted molar refractivity (Wildman–Crippen MR) is 57.8 cm³/mol. The number of anilines is 1. The molecule has 0 aliphatic heterocycles. The van der Waals surface area contributed by atoms with Gasteiger partial charge in [0.2, 0.25) is 6.41 Å². The van der Waals surface area contributed by atoms with Crippen LogP contribution in [0.15, 0.2) is 24.7 Å². The number of aromatic nitrogens is 4. The van der Waals surface area contributed by atoms with Gasteiger partial charge in [0.05, 0.1) is 11.9 Å². The van der Waals surface area contributed by atoms with E-state index in [1.807, 2.05) is 0 Å². The van der Waals surface area contributed by atoms with Crippen LogP contribution >= 0.6 is 11.6 Å². The summed E-state index contributed by atoms with van der Waals surface area (Å²) in [5.74, 6) is 0. The minimum atomic E-state index is 0.125. The van der Waals surface area contributed by atoms with Gasteiger partial charge in [0, 0.05) is 12.4 Å². The van der Waals surface area contributed by atoms with Crippen molar-refractivity contribution in [1.82, 2.24) is 20.2 Å². The Kier molecular flexibility index (Phi) is 3.02. The molecule has 0 saturated heterocycles. The number of hydrogen-bond donors (Lipinski definition) is 1. The first-order valence-electron chi connectivity index (χ1n) is 4.31. The van der Waals surface area contributed by atoms with E-state index >= 15 is 0 Å². The number of rotatable bonds is 3. The molecule has 2 rings (SSSR count). The molecule has 0 radical (unpaired) electrons.